The summed E-state index contributed by atoms with van der Waals surface area (Å²) >= 11 is 1.71. The SMILES string of the molecule is O=C(NCCc1cccs1)Nc1ccn(CCCN2CCCC2)n1. The van der Waals surface area contributed by atoms with Gasteiger partial charge in [0, 0.05) is 30.2 Å². The van der Waals surface area contributed by atoms with Gasteiger partial charge in [-0.2, -0.15) is 5.10 Å². The summed E-state index contributed by atoms with van der Waals surface area (Å²) in [6.45, 7) is 5.11. The number of hydrogen-bond acceptors (Lipinski definition) is 4. The summed E-state index contributed by atoms with van der Waals surface area (Å²) in [6.07, 6.45) is 6.53. The number of urea groups is 1. The second-order valence-electron chi connectivity index (χ2n) is 6.08. The summed E-state index contributed by atoms with van der Waals surface area (Å²) in [5.41, 5.74) is 0. The normalized spacial score (nSPS) is 14.8. The van der Waals surface area contributed by atoms with Gasteiger partial charge in [0.2, 0.25) is 0 Å². The maximum Gasteiger partial charge on any atom is 0.320 e. The number of rotatable bonds is 8. The minimum atomic E-state index is -0.200. The highest BCUT2D eigenvalue weighted by Gasteiger charge is 2.10. The number of amides is 2. The summed E-state index contributed by atoms with van der Waals surface area (Å²) in [4.78, 5) is 15.6. The van der Waals surface area contributed by atoms with Crippen LogP contribution in [0.4, 0.5) is 10.6 Å². The van der Waals surface area contributed by atoms with Crippen LogP contribution in [0.15, 0.2) is 29.8 Å². The van der Waals surface area contributed by atoms with Crippen LogP contribution in [0, 0.1) is 0 Å². The highest BCUT2D eigenvalue weighted by atomic mass is 32.1. The van der Waals surface area contributed by atoms with E-state index in [0.29, 0.717) is 12.4 Å². The Morgan fingerprint density at radius 2 is 2.12 bits per heavy atom. The topological polar surface area (TPSA) is 62.2 Å². The number of aryl methyl sites for hydroxylation is 1. The highest BCUT2D eigenvalue weighted by Crippen LogP contribution is 2.09. The predicted octanol–water partition coefficient (Wildman–Crippen LogP) is 2.79. The van der Waals surface area contributed by atoms with Crippen LogP contribution in [0.25, 0.3) is 0 Å². The zero-order chi connectivity index (χ0) is 16.6. The molecule has 0 spiro atoms. The average Bonchev–Trinajstić information content (AvgIpc) is 3.30. The van der Waals surface area contributed by atoms with Gasteiger partial charge in [0.25, 0.3) is 0 Å². The second kappa shape index (κ2) is 8.84. The third-order valence-electron chi connectivity index (χ3n) is 4.18. The Hall–Kier alpha value is -1.86. The van der Waals surface area contributed by atoms with Gasteiger partial charge in [-0.15, -0.1) is 11.3 Å². The summed E-state index contributed by atoms with van der Waals surface area (Å²) in [6, 6.07) is 5.74. The first-order valence-electron chi connectivity index (χ1n) is 8.63. The van der Waals surface area contributed by atoms with Crippen molar-refractivity contribution < 1.29 is 4.79 Å². The number of carbonyl (C=O) groups is 1. The van der Waals surface area contributed by atoms with E-state index < -0.39 is 0 Å². The summed E-state index contributed by atoms with van der Waals surface area (Å²) in [5.74, 6) is 0.602. The molecule has 0 saturated carbocycles. The van der Waals surface area contributed by atoms with Crippen LogP contribution in [-0.4, -0.2) is 46.9 Å². The minimum Gasteiger partial charge on any atom is -0.337 e. The number of hydrogen-bond donors (Lipinski definition) is 2. The molecule has 7 heteroatoms. The van der Waals surface area contributed by atoms with Crippen molar-refractivity contribution in [1.29, 1.82) is 0 Å². The molecule has 2 aromatic rings. The molecule has 0 aliphatic carbocycles. The molecular formula is C17H25N5OS. The van der Waals surface area contributed by atoms with E-state index in [9.17, 15) is 4.79 Å². The van der Waals surface area contributed by atoms with Gasteiger partial charge in [-0.05, 0) is 56.8 Å². The highest BCUT2D eigenvalue weighted by molar-refractivity contribution is 7.09. The van der Waals surface area contributed by atoms with Crippen LogP contribution in [0.1, 0.15) is 24.1 Å². The zero-order valence-electron chi connectivity index (χ0n) is 13.9. The van der Waals surface area contributed by atoms with Gasteiger partial charge in [-0.3, -0.25) is 10.00 Å². The van der Waals surface area contributed by atoms with Gasteiger partial charge in [0.05, 0.1) is 0 Å². The van der Waals surface area contributed by atoms with Crippen LogP contribution >= 0.6 is 11.3 Å². The van der Waals surface area contributed by atoms with Crippen LogP contribution in [-0.2, 0) is 13.0 Å². The molecule has 2 N–H and O–H groups in total. The molecule has 0 aromatic carbocycles. The largest absolute Gasteiger partial charge is 0.337 e. The van der Waals surface area contributed by atoms with E-state index in [4.69, 9.17) is 0 Å². The standard InChI is InChI=1S/C17H25N5OS/c23-17(18-8-6-15-5-3-14-24-15)19-16-7-13-22(20-16)12-4-11-21-9-1-2-10-21/h3,5,7,13-14H,1-2,4,6,8-12H2,(H2,18,19,20,23). The van der Waals surface area contributed by atoms with Gasteiger partial charge >= 0.3 is 6.03 Å². The Kier molecular flexibility index (Phi) is 6.26. The summed E-state index contributed by atoms with van der Waals surface area (Å²) in [7, 11) is 0. The Bertz CT molecular complexity index is 619. The van der Waals surface area contributed by atoms with Crippen molar-refractivity contribution in [2.24, 2.45) is 0 Å². The van der Waals surface area contributed by atoms with Crippen molar-refractivity contribution in [3.63, 3.8) is 0 Å². The third-order valence-corrected chi connectivity index (χ3v) is 5.12. The first-order valence-corrected chi connectivity index (χ1v) is 9.50. The fourth-order valence-corrected chi connectivity index (χ4v) is 3.64. The van der Waals surface area contributed by atoms with Crippen molar-refractivity contribution in [3.8, 4) is 0 Å². The molecule has 0 atom stereocenters. The molecule has 3 rings (SSSR count). The molecule has 2 amide bonds. The molecule has 1 fully saturated rings. The maximum absolute atomic E-state index is 11.9. The van der Waals surface area contributed by atoms with Crippen LogP contribution in [0.2, 0.25) is 0 Å². The number of nitrogens with zero attached hydrogens (tertiary/aromatic N) is 3. The van der Waals surface area contributed by atoms with E-state index in [1.807, 2.05) is 28.4 Å². The van der Waals surface area contributed by atoms with Gasteiger partial charge < -0.3 is 10.2 Å². The van der Waals surface area contributed by atoms with Crippen LogP contribution in [0.5, 0.6) is 0 Å². The van der Waals surface area contributed by atoms with E-state index in [1.54, 1.807) is 11.3 Å². The Morgan fingerprint density at radius 3 is 2.92 bits per heavy atom. The first-order chi connectivity index (χ1) is 11.8. The number of likely N-dealkylation sites (tertiary alicyclic amines) is 1. The van der Waals surface area contributed by atoms with Crippen molar-refractivity contribution in [2.75, 3.05) is 31.5 Å². The number of anilines is 1. The fraction of sp³-hybridized carbons (Fsp3) is 0.529. The smallest absolute Gasteiger partial charge is 0.320 e. The molecule has 0 bridgehead atoms. The second-order valence-corrected chi connectivity index (χ2v) is 7.11. The van der Waals surface area contributed by atoms with Gasteiger partial charge in [-0.25, -0.2) is 4.79 Å². The van der Waals surface area contributed by atoms with E-state index in [-0.39, 0.29) is 6.03 Å². The van der Waals surface area contributed by atoms with Gasteiger partial charge in [-0.1, -0.05) is 6.07 Å². The van der Waals surface area contributed by atoms with Gasteiger partial charge in [0.15, 0.2) is 5.82 Å². The van der Waals surface area contributed by atoms with Crippen molar-refractivity contribution in [2.45, 2.75) is 32.2 Å². The molecule has 1 aliphatic rings. The first kappa shape index (κ1) is 17.0. The molecule has 3 heterocycles. The summed E-state index contributed by atoms with van der Waals surface area (Å²) < 4.78 is 1.90. The molecule has 2 aromatic heterocycles. The van der Waals surface area contributed by atoms with Gasteiger partial charge in [0.1, 0.15) is 0 Å². The maximum atomic E-state index is 11.9. The molecule has 130 valence electrons. The fourth-order valence-electron chi connectivity index (χ4n) is 2.93. The lowest BCUT2D eigenvalue weighted by Crippen LogP contribution is -2.30. The Labute approximate surface area is 146 Å². The van der Waals surface area contributed by atoms with Crippen molar-refractivity contribution in [3.05, 3.63) is 34.7 Å². The lowest BCUT2D eigenvalue weighted by molar-refractivity contribution is 0.252. The number of nitrogens with one attached hydrogen (secondary N) is 2. The van der Waals surface area contributed by atoms with E-state index >= 15 is 0 Å². The number of thiophene rings is 1. The lowest BCUT2D eigenvalue weighted by atomic mass is 10.3. The quantitative estimate of drug-likeness (QED) is 0.772. The van der Waals surface area contributed by atoms with E-state index in [0.717, 1.165) is 25.9 Å². The Balaban J connectivity index is 1.33. The molecule has 0 unspecified atom stereocenters. The Morgan fingerprint density at radius 1 is 1.25 bits per heavy atom. The molecular weight excluding hydrogens is 322 g/mol. The van der Waals surface area contributed by atoms with Crippen molar-refractivity contribution in [1.82, 2.24) is 20.0 Å². The zero-order valence-corrected chi connectivity index (χ0v) is 14.7. The predicted molar refractivity (Wildman–Crippen MR) is 97.6 cm³/mol. The lowest BCUT2D eigenvalue weighted by Gasteiger charge is -2.13. The third kappa shape index (κ3) is 5.35. The molecule has 6 nitrogen and oxygen atoms in total. The summed E-state index contributed by atoms with van der Waals surface area (Å²) in [5, 5.41) is 12.1. The monoisotopic (exact) mass is 347 g/mol. The average molecular weight is 347 g/mol. The number of carbonyl (C=O) groups excluding carboxylic acids is 1. The van der Waals surface area contributed by atoms with Crippen molar-refractivity contribution >= 4 is 23.2 Å². The van der Waals surface area contributed by atoms with E-state index in [1.165, 1.54) is 30.8 Å². The van der Waals surface area contributed by atoms with E-state index in [2.05, 4.69) is 26.7 Å². The van der Waals surface area contributed by atoms with Crippen LogP contribution in [0.3, 0.4) is 0 Å². The molecule has 1 saturated heterocycles. The molecule has 0 radical (unpaired) electrons. The number of aromatic nitrogens is 2. The minimum absolute atomic E-state index is 0.200. The molecule has 24 heavy (non-hydrogen) atoms. The van der Waals surface area contributed by atoms with Crippen LogP contribution < -0.4 is 10.6 Å². The molecule has 1 aliphatic heterocycles.